The van der Waals surface area contributed by atoms with Gasteiger partial charge >= 0.3 is 0 Å². The van der Waals surface area contributed by atoms with E-state index in [-0.39, 0.29) is 0 Å². The quantitative estimate of drug-likeness (QED) is 0.723. The summed E-state index contributed by atoms with van der Waals surface area (Å²) in [5.74, 6) is 0.769. The monoisotopic (exact) mass is 194 g/mol. The van der Waals surface area contributed by atoms with Crippen LogP contribution in [-0.2, 0) is 4.84 Å². The van der Waals surface area contributed by atoms with E-state index in [2.05, 4.69) is 0 Å². The number of rotatable bonds is 2. The normalized spacial score (nSPS) is 15.9. The zero-order valence-electron chi connectivity index (χ0n) is 8.19. The second-order valence-electron chi connectivity index (χ2n) is 3.21. The summed E-state index contributed by atoms with van der Waals surface area (Å²) in [4.78, 5) is 5.41. The number of anilines is 2. The second-order valence-corrected chi connectivity index (χ2v) is 3.21. The molecular weight excluding hydrogens is 180 g/mol. The van der Waals surface area contributed by atoms with Crippen molar-refractivity contribution in [2.45, 2.75) is 6.42 Å². The molecule has 0 aromatic heterocycles. The predicted octanol–water partition coefficient (Wildman–Crippen LogP) is 1.42. The van der Waals surface area contributed by atoms with Crippen LogP contribution in [0.25, 0.3) is 0 Å². The van der Waals surface area contributed by atoms with E-state index in [0.717, 1.165) is 31.0 Å². The third kappa shape index (κ3) is 1.61. The summed E-state index contributed by atoms with van der Waals surface area (Å²) in [6, 6.07) is 5.60. The van der Waals surface area contributed by atoms with Gasteiger partial charge in [0, 0.05) is 12.6 Å². The van der Waals surface area contributed by atoms with Crippen LogP contribution in [0, 0.1) is 0 Å². The molecule has 2 N–H and O–H groups in total. The Bertz CT molecular complexity index is 322. The number of methoxy groups -OCH3 is 1. The first kappa shape index (κ1) is 9.15. The average Bonchev–Trinajstić information content (AvgIpc) is 2.70. The zero-order chi connectivity index (χ0) is 9.97. The molecule has 1 aromatic carbocycles. The molecule has 0 unspecified atom stereocenters. The molecule has 1 aliphatic heterocycles. The Morgan fingerprint density at radius 1 is 1.50 bits per heavy atom. The number of nitrogens with zero attached hydrogens (tertiary/aromatic N) is 1. The highest BCUT2D eigenvalue weighted by atomic mass is 16.7. The molecule has 4 nitrogen and oxygen atoms in total. The van der Waals surface area contributed by atoms with Crippen LogP contribution in [0.15, 0.2) is 18.2 Å². The fourth-order valence-corrected chi connectivity index (χ4v) is 1.52. The van der Waals surface area contributed by atoms with Crippen molar-refractivity contribution >= 4 is 11.4 Å². The minimum Gasteiger partial charge on any atom is -0.497 e. The van der Waals surface area contributed by atoms with Crippen LogP contribution in [0.1, 0.15) is 6.42 Å². The molecule has 0 radical (unpaired) electrons. The highest BCUT2D eigenvalue weighted by Crippen LogP contribution is 2.29. The van der Waals surface area contributed by atoms with Gasteiger partial charge in [-0.25, -0.2) is 0 Å². The maximum absolute atomic E-state index is 5.88. The average molecular weight is 194 g/mol. The van der Waals surface area contributed by atoms with E-state index in [1.54, 1.807) is 13.2 Å². The van der Waals surface area contributed by atoms with Crippen molar-refractivity contribution in [2.24, 2.45) is 0 Å². The fourth-order valence-electron chi connectivity index (χ4n) is 1.52. The van der Waals surface area contributed by atoms with Gasteiger partial charge in [-0.3, -0.25) is 9.90 Å². The summed E-state index contributed by atoms with van der Waals surface area (Å²) in [5, 5.41) is 1.83. The minimum atomic E-state index is 0.686. The number of nitrogen functional groups attached to an aromatic ring is 1. The van der Waals surface area contributed by atoms with Crippen LogP contribution in [0.2, 0.25) is 0 Å². The molecule has 0 spiro atoms. The summed E-state index contributed by atoms with van der Waals surface area (Å²) < 4.78 is 5.07. The third-order valence-corrected chi connectivity index (χ3v) is 2.26. The molecule has 1 aromatic rings. The van der Waals surface area contributed by atoms with E-state index in [1.807, 2.05) is 17.2 Å². The van der Waals surface area contributed by atoms with E-state index in [4.69, 9.17) is 15.3 Å². The van der Waals surface area contributed by atoms with Gasteiger partial charge in [-0.05, 0) is 18.6 Å². The van der Waals surface area contributed by atoms with E-state index in [0.29, 0.717) is 5.69 Å². The minimum absolute atomic E-state index is 0.686. The van der Waals surface area contributed by atoms with Gasteiger partial charge in [0.1, 0.15) is 5.75 Å². The lowest BCUT2D eigenvalue weighted by molar-refractivity contribution is 0.168. The van der Waals surface area contributed by atoms with Gasteiger partial charge in [0.15, 0.2) is 0 Å². The molecule has 1 heterocycles. The van der Waals surface area contributed by atoms with Crippen LogP contribution in [0.4, 0.5) is 11.4 Å². The maximum Gasteiger partial charge on any atom is 0.121 e. The first-order chi connectivity index (χ1) is 6.81. The van der Waals surface area contributed by atoms with Crippen molar-refractivity contribution < 1.29 is 9.57 Å². The number of benzene rings is 1. The van der Waals surface area contributed by atoms with Crippen molar-refractivity contribution in [3.05, 3.63) is 18.2 Å². The van der Waals surface area contributed by atoms with Crippen LogP contribution < -0.4 is 15.5 Å². The van der Waals surface area contributed by atoms with Crippen molar-refractivity contribution in [2.75, 3.05) is 31.1 Å². The largest absolute Gasteiger partial charge is 0.497 e. The van der Waals surface area contributed by atoms with E-state index in [1.165, 1.54) is 0 Å². The number of hydroxylamine groups is 1. The smallest absolute Gasteiger partial charge is 0.121 e. The molecular formula is C10H14N2O2. The van der Waals surface area contributed by atoms with Gasteiger partial charge in [-0.1, -0.05) is 0 Å². The predicted molar refractivity (Wildman–Crippen MR) is 55.3 cm³/mol. The third-order valence-electron chi connectivity index (χ3n) is 2.26. The summed E-state index contributed by atoms with van der Waals surface area (Å²) in [6.45, 7) is 1.67. The summed E-state index contributed by atoms with van der Waals surface area (Å²) in [7, 11) is 1.63. The van der Waals surface area contributed by atoms with E-state index >= 15 is 0 Å². The molecule has 0 aliphatic carbocycles. The Hall–Kier alpha value is -1.42. The van der Waals surface area contributed by atoms with Gasteiger partial charge in [0.05, 0.1) is 25.1 Å². The molecule has 0 saturated carbocycles. The molecule has 1 aliphatic rings. The van der Waals surface area contributed by atoms with Crippen LogP contribution in [0.3, 0.4) is 0 Å². The zero-order valence-corrected chi connectivity index (χ0v) is 8.19. The van der Waals surface area contributed by atoms with Gasteiger partial charge < -0.3 is 10.5 Å². The summed E-state index contributed by atoms with van der Waals surface area (Å²) in [6.07, 6.45) is 1.05. The number of nitrogens with two attached hydrogens (primary N) is 1. The van der Waals surface area contributed by atoms with Gasteiger partial charge in [0.2, 0.25) is 0 Å². The maximum atomic E-state index is 5.88. The number of ether oxygens (including phenoxy) is 1. The van der Waals surface area contributed by atoms with Crippen LogP contribution in [-0.4, -0.2) is 20.3 Å². The van der Waals surface area contributed by atoms with Crippen molar-refractivity contribution in [3.8, 4) is 5.75 Å². The summed E-state index contributed by atoms with van der Waals surface area (Å²) in [5.41, 5.74) is 7.48. The highest BCUT2D eigenvalue weighted by molar-refractivity contribution is 5.68. The van der Waals surface area contributed by atoms with Gasteiger partial charge in [0.25, 0.3) is 0 Å². The number of hydrogen-bond acceptors (Lipinski definition) is 4. The Labute approximate surface area is 83.2 Å². The Balaban J connectivity index is 2.25. The van der Waals surface area contributed by atoms with Gasteiger partial charge in [-0.15, -0.1) is 0 Å². The molecule has 1 saturated heterocycles. The van der Waals surface area contributed by atoms with Crippen molar-refractivity contribution in [1.29, 1.82) is 0 Å². The molecule has 4 heteroatoms. The summed E-state index contributed by atoms with van der Waals surface area (Å²) >= 11 is 0. The van der Waals surface area contributed by atoms with Crippen molar-refractivity contribution in [1.82, 2.24) is 0 Å². The topological polar surface area (TPSA) is 47.7 Å². The molecule has 0 bridgehead atoms. The SMILES string of the molecule is COc1ccc(N2CCCO2)c(N)c1. The lowest BCUT2D eigenvalue weighted by Crippen LogP contribution is -2.17. The first-order valence-electron chi connectivity index (χ1n) is 4.65. The lowest BCUT2D eigenvalue weighted by atomic mass is 10.2. The van der Waals surface area contributed by atoms with Crippen LogP contribution in [0.5, 0.6) is 5.75 Å². The van der Waals surface area contributed by atoms with E-state index < -0.39 is 0 Å². The molecule has 14 heavy (non-hydrogen) atoms. The first-order valence-corrected chi connectivity index (χ1v) is 4.65. The number of hydrogen-bond donors (Lipinski definition) is 1. The van der Waals surface area contributed by atoms with Crippen LogP contribution >= 0.6 is 0 Å². The lowest BCUT2D eigenvalue weighted by Gasteiger charge is -2.18. The molecule has 76 valence electrons. The van der Waals surface area contributed by atoms with E-state index in [9.17, 15) is 0 Å². The Morgan fingerprint density at radius 3 is 2.93 bits per heavy atom. The van der Waals surface area contributed by atoms with Crippen molar-refractivity contribution in [3.63, 3.8) is 0 Å². The molecule has 0 amide bonds. The fraction of sp³-hybridized carbons (Fsp3) is 0.400. The Morgan fingerprint density at radius 2 is 2.36 bits per heavy atom. The second kappa shape index (κ2) is 3.75. The highest BCUT2D eigenvalue weighted by Gasteiger charge is 2.15. The Kier molecular flexibility index (Phi) is 2.45. The molecule has 2 rings (SSSR count). The molecule has 1 fully saturated rings. The standard InChI is InChI=1S/C10H14N2O2/c1-13-8-3-4-10(9(11)7-8)12-5-2-6-14-12/h3-4,7H,2,5-6,11H2,1H3. The van der Waals surface area contributed by atoms with Gasteiger partial charge in [-0.2, -0.15) is 0 Å². The molecule has 0 atom stereocenters.